The molecule has 0 aliphatic carbocycles. The van der Waals surface area contributed by atoms with Crippen molar-refractivity contribution in [3.63, 3.8) is 0 Å². The molecule has 0 saturated carbocycles. The third kappa shape index (κ3) is 8.70. The van der Waals surface area contributed by atoms with Crippen molar-refractivity contribution >= 4 is 20.2 Å². The lowest BCUT2D eigenvalue weighted by atomic mass is 10.1. The molecule has 0 fully saturated rings. The van der Waals surface area contributed by atoms with Gasteiger partial charge in [0.15, 0.2) is 0 Å². The van der Waals surface area contributed by atoms with E-state index in [0.29, 0.717) is 11.1 Å². The molecule has 0 rings (SSSR count). The fraction of sp³-hybridized carbons (Fsp3) is 0.667. The van der Waals surface area contributed by atoms with Gasteiger partial charge in [0.2, 0.25) is 13.6 Å². The van der Waals surface area contributed by atoms with E-state index in [0.717, 1.165) is 36.8 Å². The molecule has 0 radical (unpaired) electrons. The molecule has 0 aromatic carbocycles. The van der Waals surface area contributed by atoms with Gasteiger partial charge in [-0.2, -0.15) is 0 Å². The first kappa shape index (κ1) is 24.4. The molecule has 0 N–H and O–H groups in total. The first-order chi connectivity index (χ1) is 12.3. The van der Waals surface area contributed by atoms with Crippen LogP contribution in [0.4, 0.5) is 0 Å². The minimum absolute atomic E-state index is 0.505. The third-order valence-corrected chi connectivity index (χ3v) is 4.71. The Bertz CT molecular complexity index is 504. The number of carbonyl (C=O) groups excluding carboxylic acids is 2. The molecule has 0 amide bonds. The van der Waals surface area contributed by atoms with Crippen molar-refractivity contribution in [1.29, 1.82) is 0 Å². The second kappa shape index (κ2) is 13.6. The lowest BCUT2D eigenvalue weighted by molar-refractivity contribution is -0.147. The van der Waals surface area contributed by atoms with Gasteiger partial charge in [-0.3, -0.25) is 0 Å². The molecule has 0 unspecified atom stereocenters. The van der Waals surface area contributed by atoms with Crippen LogP contribution in [0, 0.1) is 0 Å². The highest BCUT2D eigenvalue weighted by Crippen LogP contribution is 2.24. The van der Waals surface area contributed by atoms with E-state index in [1.165, 1.54) is 0 Å². The van der Waals surface area contributed by atoms with Gasteiger partial charge in [0, 0.05) is 15.7 Å². The number of allylic oxidation sites excluding steroid dienone is 2. The summed E-state index contributed by atoms with van der Waals surface area (Å²) in [5, 5.41) is 0. The maximum Gasteiger partial charge on any atom is 0.704 e. The standard InChI is InChI=1S/C18H30O7P/c1-7-15(8-2)13(5)17(19)22-11-24-26(21)25-12-23-18(20)14(6)16(9-3)10-4/h7-12H2,1-6H3/q+1. The smallest absolute Gasteiger partial charge is 0.430 e. The Labute approximate surface area is 156 Å². The number of ether oxygens (including phenoxy) is 2. The Kier molecular flexibility index (Phi) is 12.8. The van der Waals surface area contributed by atoms with Crippen molar-refractivity contribution in [2.24, 2.45) is 0 Å². The van der Waals surface area contributed by atoms with Crippen molar-refractivity contribution in [2.45, 2.75) is 67.2 Å². The minimum Gasteiger partial charge on any atom is -0.430 e. The summed E-state index contributed by atoms with van der Waals surface area (Å²) in [5.74, 6) is -1.04. The SMILES string of the molecule is CCC(CC)=C(C)C(=O)OCO[P+](=O)OCOC(=O)C(C)=C(CC)CC. The van der Waals surface area contributed by atoms with Gasteiger partial charge < -0.3 is 9.47 Å². The first-order valence-corrected chi connectivity index (χ1v) is 9.86. The molecular weight excluding hydrogens is 359 g/mol. The van der Waals surface area contributed by atoms with E-state index < -0.39 is 33.8 Å². The van der Waals surface area contributed by atoms with Gasteiger partial charge in [-0.25, -0.2) is 9.59 Å². The van der Waals surface area contributed by atoms with Gasteiger partial charge in [-0.05, 0) is 39.5 Å². The Morgan fingerprint density at radius 2 is 1.00 bits per heavy atom. The van der Waals surface area contributed by atoms with Gasteiger partial charge >= 0.3 is 20.2 Å². The lowest BCUT2D eigenvalue weighted by Gasteiger charge is -2.07. The third-order valence-electron chi connectivity index (χ3n) is 4.08. The maximum atomic E-state index is 11.8. The molecule has 0 aromatic heterocycles. The topological polar surface area (TPSA) is 88.1 Å². The Hall–Kier alpha value is -1.56. The average Bonchev–Trinajstić information content (AvgIpc) is 2.63. The van der Waals surface area contributed by atoms with Crippen LogP contribution in [0.3, 0.4) is 0 Å². The molecule has 0 heterocycles. The van der Waals surface area contributed by atoms with Crippen LogP contribution in [0.15, 0.2) is 22.3 Å². The number of rotatable bonds is 12. The van der Waals surface area contributed by atoms with E-state index in [9.17, 15) is 14.2 Å². The van der Waals surface area contributed by atoms with E-state index >= 15 is 0 Å². The summed E-state index contributed by atoms with van der Waals surface area (Å²) in [6.45, 7) is 10.2. The molecule has 0 aliphatic heterocycles. The molecule has 0 atom stereocenters. The van der Waals surface area contributed by atoms with Gasteiger partial charge in [-0.15, -0.1) is 0 Å². The molecule has 8 heteroatoms. The van der Waals surface area contributed by atoms with Crippen LogP contribution >= 0.6 is 8.25 Å². The van der Waals surface area contributed by atoms with E-state index in [1.54, 1.807) is 13.8 Å². The van der Waals surface area contributed by atoms with E-state index in [1.807, 2.05) is 27.7 Å². The van der Waals surface area contributed by atoms with Crippen molar-refractivity contribution < 1.29 is 32.7 Å². The highest BCUT2D eigenvalue weighted by atomic mass is 31.1. The van der Waals surface area contributed by atoms with Gasteiger partial charge in [-0.1, -0.05) is 47.9 Å². The Morgan fingerprint density at radius 1 is 0.692 bits per heavy atom. The lowest BCUT2D eigenvalue weighted by Crippen LogP contribution is -2.11. The summed E-state index contributed by atoms with van der Waals surface area (Å²) in [7, 11) is -2.56. The van der Waals surface area contributed by atoms with E-state index in [-0.39, 0.29) is 0 Å². The summed E-state index contributed by atoms with van der Waals surface area (Å²) >= 11 is 0. The van der Waals surface area contributed by atoms with Gasteiger partial charge in [0.05, 0.1) is 0 Å². The summed E-state index contributed by atoms with van der Waals surface area (Å²) in [6.07, 6.45) is 3.03. The highest BCUT2D eigenvalue weighted by Gasteiger charge is 2.23. The van der Waals surface area contributed by atoms with Crippen molar-refractivity contribution in [2.75, 3.05) is 13.6 Å². The number of carbonyl (C=O) groups is 2. The summed E-state index contributed by atoms with van der Waals surface area (Å²) in [6, 6.07) is 0. The fourth-order valence-electron chi connectivity index (χ4n) is 2.35. The van der Waals surface area contributed by atoms with E-state index in [4.69, 9.17) is 18.5 Å². The predicted octanol–water partition coefficient (Wildman–Crippen LogP) is 4.95. The molecule has 0 spiro atoms. The van der Waals surface area contributed by atoms with Crippen LogP contribution in [0.25, 0.3) is 0 Å². The van der Waals surface area contributed by atoms with Gasteiger partial charge in [0.25, 0.3) is 0 Å². The zero-order valence-corrected chi connectivity index (χ0v) is 17.4. The minimum atomic E-state index is -2.56. The molecule has 7 nitrogen and oxygen atoms in total. The number of esters is 2. The predicted molar refractivity (Wildman–Crippen MR) is 98.3 cm³/mol. The molecule has 0 aliphatic rings. The number of hydrogen-bond donors (Lipinski definition) is 0. The Balaban J connectivity index is 4.23. The zero-order chi connectivity index (χ0) is 20.1. The molecule has 26 heavy (non-hydrogen) atoms. The van der Waals surface area contributed by atoms with Crippen LogP contribution in [0.2, 0.25) is 0 Å². The summed E-state index contributed by atoms with van der Waals surface area (Å²) in [4.78, 5) is 23.6. The molecule has 0 saturated heterocycles. The summed E-state index contributed by atoms with van der Waals surface area (Å²) in [5.41, 5.74) is 3.02. The molecule has 0 aromatic rings. The Morgan fingerprint density at radius 3 is 1.27 bits per heavy atom. The van der Waals surface area contributed by atoms with Crippen LogP contribution < -0.4 is 0 Å². The van der Waals surface area contributed by atoms with Crippen molar-refractivity contribution in [3.05, 3.63) is 22.3 Å². The second-order valence-electron chi connectivity index (χ2n) is 5.45. The van der Waals surface area contributed by atoms with Crippen LogP contribution in [0.1, 0.15) is 67.2 Å². The van der Waals surface area contributed by atoms with Crippen LogP contribution in [-0.4, -0.2) is 25.5 Å². The average molecular weight is 389 g/mol. The first-order valence-electron chi connectivity index (χ1n) is 8.76. The van der Waals surface area contributed by atoms with Crippen LogP contribution in [0.5, 0.6) is 0 Å². The van der Waals surface area contributed by atoms with Gasteiger partial charge in [0.1, 0.15) is 0 Å². The normalized spacial score (nSPS) is 10.1. The summed E-state index contributed by atoms with van der Waals surface area (Å²) < 4.78 is 30.8. The van der Waals surface area contributed by atoms with Crippen LogP contribution in [-0.2, 0) is 32.7 Å². The number of hydrogen-bond acceptors (Lipinski definition) is 7. The van der Waals surface area contributed by atoms with E-state index in [2.05, 4.69) is 0 Å². The molecule has 148 valence electrons. The second-order valence-corrected chi connectivity index (χ2v) is 6.42. The highest BCUT2D eigenvalue weighted by molar-refractivity contribution is 7.33. The fourth-order valence-corrected chi connectivity index (χ4v) is 2.70. The largest absolute Gasteiger partial charge is 0.704 e. The molecule has 0 bridgehead atoms. The monoisotopic (exact) mass is 389 g/mol. The quantitative estimate of drug-likeness (QED) is 0.202. The van der Waals surface area contributed by atoms with Crippen molar-refractivity contribution in [1.82, 2.24) is 0 Å². The van der Waals surface area contributed by atoms with Crippen molar-refractivity contribution in [3.8, 4) is 0 Å². The molecular formula is C18H30O7P+. The maximum absolute atomic E-state index is 11.8. The zero-order valence-electron chi connectivity index (χ0n) is 16.5.